The average Bonchev–Trinajstić information content (AvgIpc) is 2.45. The van der Waals surface area contributed by atoms with Gasteiger partial charge in [0.15, 0.2) is 5.82 Å². The molecule has 128 valence electrons. The van der Waals surface area contributed by atoms with Crippen LogP contribution in [0.4, 0.5) is 15.9 Å². The van der Waals surface area contributed by atoms with Crippen molar-refractivity contribution in [3.63, 3.8) is 0 Å². The van der Waals surface area contributed by atoms with Gasteiger partial charge < -0.3 is 11.1 Å². The van der Waals surface area contributed by atoms with Crippen LogP contribution < -0.4 is 11.1 Å². The summed E-state index contributed by atoms with van der Waals surface area (Å²) in [5.74, 6) is 0.535. The number of nitrogens with zero attached hydrogens (tertiary/aromatic N) is 2. The van der Waals surface area contributed by atoms with Gasteiger partial charge in [0.25, 0.3) is 0 Å². The molecule has 1 fully saturated rings. The lowest BCUT2D eigenvalue weighted by Gasteiger charge is -2.30. The van der Waals surface area contributed by atoms with Crippen LogP contribution in [0.15, 0.2) is 24.5 Å². The Morgan fingerprint density at radius 2 is 1.96 bits per heavy atom. The summed E-state index contributed by atoms with van der Waals surface area (Å²) in [6.07, 6.45) is 6.45. The number of anilines is 2. The van der Waals surface area contributed by atoms with Gasteiger partial charge in [0, 0.05) is 12.1 Å². The predicted molar refractivity (Wildman–Crippen MR) is 96.4 cm³/mol. The molecule has 3 rings (SSSR count). The van der Waals surface area contributed by atoms with Crippen LogP contribution >= 0.6 is 0 Å². The molecule has 4 nitrogen and oxygen atoms in total. The topological polar surface area (TPSA) is 63.8 Å². The second-order valence-corrected chi connectivity index (χ2v) is 7.76. The van der Waals surface area contributed by atoms with Crippen molar-refractivity contribution in [3.05, 3.63) is 35.9 Å². The highest BCUT2D eigenvalue weighted by Crippen LogP contribution is 2.42. The average molecular weight is 328 g/mol. The van der Waals surface area contributed by atoms with Crippen molar-refractivity contribution >= 4 is 11.5 Å². The lowest BCUT2D eigenvalue weighted by atomic mass is 9.78. The van der Waals surface area contributed by atoms with Crippen molar-refractivity contribution < 1.29 is 4.39 Å². The first-order chi connectivity index (χ1) is 11.3. The summed E-state index contributed by atoms with van der Waals surface area (Å²) >= 11 is 0. The van der Waals surface area contributed by atoms with Crippen molar-refractivity contribution in [1.82, 2.24) is 9.97 Å². The van der Waals surface area contributed by atoms with E-state index in [0.29, 0.717) is 35.2 Å². The second kappa shape index (κ2) is 6.38. The highest BCUT2D eigenvalue weighted by atomic mass is 19.1. The molecule has 3 N–H and O–H groups in total. The predicted octanol–water partition coefficient (Wildman–Crippen LogP) is 4.59. The SMILES string of the molecule is CC(C)(C)CNc1c(C2CCC2)ccc(-c2cnc(N)cn2)c1F. The monoisotopic (exact) mass is 328 g/mol. The van der Waals surface area contributed by atoms with Crippen LogP contribution in [0.3, 0.4) is 0 Å². The van der Waals surface area contributed by atoms with Crippen LogP contribution in [0.2, 0.25) is 0 Å². The largest absolute Gasteiger partial charge is 0.382 e. The normalized spacial score (nSPS) is 15.2. The van der Waals surface area contributed by atoms with Gasteiger partial charge in [0.05, 0.1) is 23.8 Å². The first-order valence-electron chi connectivity index (χ1n) is 8.49. The first kappa shape index (κ1) is 16.7. The fourth-order valence-corrected chi connectivity index (χ4v) is 2.86. The van der Waals surface area contributed by atoms with Gasteiger partial charge in [-0.15, -0.1) is 0 Å². The Bertz CT molecular complexity index is 715. The first-order valence-corrected chi connectivity index (χ1v) is 8.49. The molecule has 0 spiro atoms. The van der Waals surface area contributed by atoms with Crippen molar-refractivity contribution in [2.24, 2.45) is 5.41 Å². The molecule has 1 aliphatic rings. The number of rotatable bonds is 4. The number of hydrogen-bond donors (Lipinski definition) is 2. The van der Waals surface area contributed by atoms with Crippen LogP contribution in [0.1, 0.15) is 51.5 Å². The molecule has 1 aromatic heterocycles. The number of hydrogen-bond acceptors (Lipinski definition) is 4. The standard InChI is InChI=1S/C19H25FN4/c1-19(2,3)11-24-18-13(12-5-4-6-12)7-8-14(17(18)20)15-9-23-16(21)10-22-15/h7-10,12,24H,4-6,11H2,1-3H3,(H2,21,23). The molecule has 0 saturated heterocycles. The minimum absolute atomic E-state index is 0.0698. The molecule has 5 heteroatoms. The lowest BCUT2D eigenvalue weighted by Crippen LogP contribution is -2.22. The zero-order chi connectivity index (χ0) is 17.3. The fraction of sp³-hybridized carbons (Fsp3) is 0.474. The van der Waals surface area contributed by atoms with Crippen LogP contribution in [-0.4, -0.2) is 16.5 Å². The van der Waals surface area contributed by atoms with E-state index in [1.165, 1.54) is 18.8 Å². The van der Waals surface area contributed by atoms with Gasteiger partial charge in [-0.25, -0.2) is 9.37 Å². The molecular weight excluding hydrogens is 303 g/mol. The maximum Gasteiger partial charge on any atom is 0.156 e. The summed E-state index contributed by atoms with van der Waals surface area (Å²) in [5.41, 5.74) is 8.30. The molecule has 0 aliphatic heterocycles. The fourth-order valence-electron chi connectivity index (χ4n) is 2.86. The number of aromatic nitrogens is 2. The van der Waals surface area contributed by atoms with E-state index in [1.54, 1.807) is 0 Å². The van der Waals surface area contributed by atoms with Gasteiger partial charge in [-0.1, -0.05) is 33.3 Å². The van der Waals surface area contributed by atoms with E-state index in [9.17, 15) is 0 Å². The number of nitrogens with two attached hydrogens (primary N) is 1. The van der Waals surface area contributed by atoms with E-state index in [0.717, 1.165) is 18.4 Å². The Balaban J connectivity index is 2.00. The molecule has 0 amide bonds. The van der Waals surface area contributed by atoms with E-state index >= 15 is 4.39 Å². The Hall–Kier alpha value is -2.17. The second-order valence-electron chi connectivity index (χ2n) is 7.76. The van der Waals surface area contributed by atoms with Gasteiger partial charge in [0.1, 0.15) is 5.82 Å². The molecule has 1 heterocycles. The molecular formula is C19H25FN4. The molecule has 2 aromatic rings. The minimum Gasteiger partial charge on any atom is -0.382 e. The third-order valence-electron chi connectivity index (χ3n) is 4.46. The van der Waals surface area contributed by atoms with Gasteiger partial charge in [-0.05, 0) is 35.8 Å². The highest BCUT2D eigenvalue weighted by molar-refractivity contribution is 5.69. The number of nitrogens with one attached hydrogen (secondary N) is 1. The van der Waals surface area contributed by atoms with Gasteiger partial charge >= 0.3 is 0 Å². The summed E-state index contributed by atoms with van der Waals surface area (Å²) in [5, 5.41) is 3.34. The van der Waals surface area contributed by atoms with Gasteiger partial charge in [0.2, 0.25) is 0 Å². The quantitative estimate of drug-likeness (QED) is 0.861. The molecule has 1 aromatic carbocycles. The number of benzene rings is 1. The Morgan fingerprint density at radius 1 is 1.21 bits per heavy atom. The van der Waals surface area contributed by atoms with E-state index in [2.05, 4.69) is 36.1 Å². The van der Waals surface area contributed by atoms with Crippen molar-refractivity contribution in [1.29, 1.82) is 0 Å². The zero-order valence-electron chi connectivity index (χ0n) is 14.6. The third-order valence-corrected chi connectivity index (χ3v) is 4.46. The summed E-state index contributed by atoms with van der Waals surface area (Å²) in [6, 6.07) is 3.84. The van der Waals surface area contributed by atoms with E-state index in [-0.39, 0.29) is 11.2 Å². The molecule has 0 unspecified atom stereocenters. The summed E-state index contributed by atoms with van der Waals surface area (Å²) in [4.78, 5) is 8.24. The van der Waals surface area contributed by atoms with Gasteiger partial charge in [-0.2, -0.15) is 0 Å². The molecule has 1 saturated carbocycles. The van der Waals surface area contributed by atoms with E-state index in [1.807, 2.05) is 12.1 Å². The maximum absolute atomic E-state index is 15.3. The lowest BCUT2D eigenvalue weighted by molar-refractivity contribution is 0.416. The highest BCUT2D eigenvalue weighted by Gasteiger charge is 2.26. The maximum atomic E-state index is 15.3. The molecule has 24 heavy (non-hydrogen) atoms. The van der Waals surface area contributed by atoms with Gasteiger partial charge in [-0.3, -0.25) is 4.98 Å². The molecule has 0 bridgehead atoms. The summed E-state index contributed by atoms with van der Waals surface area (Å²) in [7, 11) is 0. The van der Waals surface area contributed by atoms with E-state index < -0.39 is 0 Å². The molecule has 0 radical (unpaired) electrons. The van der Waals surface area contributed by atoms with E-state index in [4.69, 9.17) is 5.73 Å². The zero-order valence-corrected chi connectivity index (χ0v) is 14.6. The number of nitrogen functional groups attached to an aromatic ring is 1. The number of halogens is 1. The van der Waals surface area contributed by atoms with Crippen LogP contribution in [-0.2, 0) is 0 Å². The smallest absolute Gasteiger partial charge is 0.156 e. The van der Waals surface area contributed by atoms with Crippen molar-refractivity contribution in [3.8, 4) is 11.3 Å². The van der Waals surface area contributed by atoms with Crippen LogP contribution in [0.5, 0.6) is 0 Å². The Morgan fingerprint density at radius 3 is 2.50 bits per heavy atom. The van der Waals surface area contributed by atoms with Crippen LogP contribution in [0, 0.1) is 11.2 Å². The van der Waals surface area contributed by atoms with Crippen molar-refractivity contribution in [2.75, 3.05) is 17.6 Å². The Labute approximate surface area is 142 Å². The summed E-state index contributed by atoms with van der Waals surface area (Å²) in [6.45, 7) is 7.11. The summed E-state index contributed by atoms with van der Waals surface area (Å²) < 4.78 is 15.3. The van der Waals surface area contributed by atoms with Crippen LogP contribution in [0.25, 0.3) is 11.3 Å². The molecule has 1 aliphatic carbocycles. The van der Waals surface area contributed by atoms with Crippen molar-refractivity contribution in [2.45, 2.75) is 46.0 Å². The minimum atomic E-state index is -0.247. The third kappa shape index (κ3) is 3.50. The molecule has 0 atom stereocenters. The Kier molecular flexibility index (Phi) is 4.43.